The topological polar surface area (TPSA) is 108 Å². The van der Waals surface area contributed by atoms with Gasteiger partial charge in [0.1, 0.15) is 18.2 Å². The van der Waals surface area contributed by atoms with Gasteiger partial charge < -0.3 is 20.5 Å². The maximum Gasteiger partial charge on any atom is 0.408 e. The Morgan fingerprint density at radius 1 is 0.974 bits per heavy atom. The van der Waals surface area contributed by atoms with Crippen LogP contribution in [0.3, 0.4) is 0 Å². The summed E-state index contributed by atoms with van der Waals surface area (Å²) in [5.74, 6) is -1.73. The molecule has 3 N–H and O–H groups in total. The van der Waals surface area contributed by atoms with Crippen LogP contribution < -0.4 is 10.6 Å². The van der Waals surface area contributed by atoms with Gasteiger partial charge in [0.05, 0.1) is 0 Å². The molecule has 1 aliphatic heterocycles. The summed E-state index contributed by atoms with van der Waals surface area (Å²) < 4.78 is 5.74. The smallest absolute Gasteiger partial charge is 0.408 e. The number of aliphatic carboxylic acids is 1. The van der Waals surface area contributed by atoms with Crippen LogP contribution in [0.2, 0.25) is 0 Å². The Hall–Kier alpha value is -4.17. The monoisotopic (exact) mass is 527 g/mol. The van der Waals surface area contributed by atoms with Gasteiger partial charge in [0.2, 0.25) is 5.91 Å². The van der Waals surface area contributed by atoms with E-state index in [2.05, 4.69) is 27.7 Å². The summed E-state index contributed by atoms with van der Waals surface area (Å²) in [5.41, 5.74) is 4.24. The van der Waals surface area contributed by atoms with Crippen molar-refractivity contribution >= 4 is 18.0 Å². The first-order valence-electron chi connectivity index (χ1n) is 13.3. The van der Waals surface area contributed by atoms with Crippen LogP contribution in [0.4, 0.5) is 4.79 Å². The van der Waals surface area contributed by atoms with E-state index in [0.29, 0.717) is 19.5 Å². The van der Waals surface area contributed by atoms with Crippen LogP contribution in [0.5, 0.6) is 0 Å². The van der Waals surface area contributed by atoms with E-state index in [9.17, 15) is 19.5 Å². The lowest BCUT2D eigenvalue weighted by Crippen LogP contribution is -2.62. The molecule has 1 saturated heterocycles. The Balaban J connectivity index is 1.31. The molecule has 0 radical (unpaired) electrons. The highest BCUT2D eigenvalue weighted by molar-refractivity contribution is 5.93. The average Bonchev–Trinajstić information content (AvgIpc) is 3.50. The molecule has 0 aromatic heterocycles. The van der Waals surface area contributed by atoms with E-state index >= 15 is 0 Å². The second-order valence-corrected chi connectivity index (χ2v) is 10.3. The zero-order valence-electron chi connectivity index (χ0n) is 21.9. The molecule has 1 heterocycles. The van der Waals surface area contributed by atoms with Crippen molar-refractivity contribution in [1.29, 1.82) is 0 Å². The second-order valence-electron chi connectivity index (χ2n) is 10.3. The summed E-state index contributed by atoms with van der Waals surface area (Å²) in [4.78, 5) is 40.4. The maximum absolute atomic E-state index is 13.5. The van der Waals surface area contributed by atoms with Crippen molar-refractivity contribution in [3.8, 4) is 11.1 Å². The van der Waals surface area contributed by atoms with Crippen molar-refractivity contribution in [2.75, 3.05) is 19.7 Å². The number of ether oxygens (including phenoxy) is 1. The molecule has 1 fully saturated rings. The van der Waals surface area contributed by atoms with Gasteiger partial charge in [0.25, 0.3) is 0 Å². The van der Waals surface area contributed by atoms with Crippen molar-refractivity contribution in [2.24, 2.45) is 0 Å². The number of carbonyl (C=O) groups is 3. The van der Waals surface area contributed by atoms with E-state index in [1.54, 1.807) is 6.92 Å². The zero-order valence-corrected chi connectivity index (χ0v) is 21.9. The summed E-state index contributed by atoms with van der Waals surface area (Å²) in [6.45, 7) is 3.24. The SMILES string of the molecule is CCC(NC(=O)C1(NC(=O)OCC2c3ccccc3-c3ccccc32)CCN(Cc2ccccc2)C1)C(=O)O. The van der Waals surface area contributed by atoms with Crippen molar-refractivity contribution in [3.05, 3.63) is 95.6 Å². The van der Waals surface area contributed by atoms with Crippen LogP contribution in [0.1, 0.15) is 42.4 Å². The molecule has 2 amide bonds. The van der Waals surface area contributed by atoms with E-state index in [1.807, 2.05) is 66.7 Å². The van der Waals surface area contributed by atoms with Gasteiger partial charge in [-0.1, -0.05) is 85.8 Å². The Labute approximate surface area is 228 Å². The van der Waals surface area contributed by atoms with Gasteiger partial charge in [-0.3, -0.25) is 9.69 Å². The quantitative estimate of drug-likeness (QED) is 0.386. The minimum atomic E-state index is -1.31. The summed E-state index contributed by atoms with van der Waals surface area (Å²) in [5, 5.41) is 15.0. The molecule has 0 spiro atoms. The highest BCUT2D eigenvalue weighted by atomic mass is 16.5. The Kier molecular flexibility index (Phi) is 7.65. The number of amides is 2. The fourth-order valence-electron chi connectivity index (χ4n) is 5.67. The minimum absolute atomic E-state index is 0.109. The number of hydrogen-bond acceptors (Lipinski definition) is 5. The minimum Gasteiger partial charge on any atom is -0.480 e. The summed E-state index contributed by atoms with van der Waals surface area (Å²) >= 11 is 0. The molecule has 8 nitrogen and oxygen atoms in total. The first-order valence-corrected chi connectivity index (χ1v) is 13.3. The summed E-state index contributed by atoms with van der Waals surface area (Å²) in [6, 6.07) is 25.0. The molecule has 39 heavy (non-hydrogen) atoms. The predicted molar refractivity (Wildman–Crippen MR) is 147 cm³/mol. The number of rotatable bonds is 9. The van der Waals surface area contributed by atoms with Gasteiger partial charge in [0, 0.05) is 25.6 Å². The molecule has 3 aromatic carbocycles. The summed E-state index contributed by atoms with van der Waals surface area (Å²) in [7, 11) is 0. The molecule has 2 aliphatic rings. The molecule has 5 rings (SSSR count). The molecule has 3 aromatic rings. The van der Waals surface area contributed by atoms with Crippen molar-refractivity contribution < 1.29 is 24.2 Å². The van der Waals surface area contributed by atoms with Crippen molar-refractivity contribution in [1.82, 2.24) is 15.5 Å². The second kappa shape index (κ2) is 11.3. The van der Waals surface area contributed by atoms with Gasteiger partial charge >= 0.3 is 12.1 Å². The number of alkyl carbamates (subject to hydrolysis) is 1. The molecule has 0 saturated carbocycles. The number of benzene rings is 3. The van der Waals surface area contributed by atoms with E-state index in [0.717, 1.165) is 27.8 Å². The van der Waals surface area contributed by atoms with Crippen LogP contribution in [-0.4, -0.2) is 59.3 Å². The predicted octanol–water partition coefficient (Wildman–Crippen LogP) is 4.15. The number of carboxylic acid groups (broad SMARTS) is 1. The molecule has 202 valence electrons. The van der Waals surface area contributed by atoms with Gasteiger partial charge in [0.15, 0.2) is 0 Å². The number of hydrogen-bond donors (Lipinski definition) is 3. The highest BCUT2D eigenvalue weighted by Gasteiger charge is 2.47. The normalized spacial score (nSPS) is 19.1. The van der Waals surface area contributed by atoms with Crippen molar-refractivity contribution in [2.45, 2.75) is 43.8 Å². The Morgan fingerprint density at radius 3 is 2.21 bits per heavy atom. The van der Waals surface area contributed by atoms with Crippen molar-refractivity contribution in [3.63, 3.8) is 0 Å². The zero-order chi connectivity index (χ0) is 27.4. The van der Waals surface area contributed by atoms with E-state index in [4.69, 9.17) is 4.74 Å². The molecule has 2 unspecified atom stereocenters. The Morgan fingerprint density at radius 2 is 1.59 bits per heavy atom. The van der Waals surface area contributed by atoms with Gasteiger partial charge in [-0.25, -0.2) is 9.59 Å². The van der Waals surface area contributed by atoms with E-state index in [1.165, 1.54) is 0 Å². The fourth-order valence-corrected chi connectivity index (χ4v) is 5.67. The number of carboxylic acids is 1. The summed E-state index contributed by atoms with van der Waals surface area (Å²) in [6.07, 6.45) is -0.126. The standard InChI is InChI=1S/C31H33N3O5/c1-2-27(28(35)36)32-29(37)31(16-17-34(20-31)18-21-10-4-3-5-11-21)33-30(38)39-19-26-24-14-8-6-12-22(24)23-13-7-9-15-25(23)26/h3-15,26-27H,2,16-20H2,1H3,(H,32,37)(H,33,38)(H,35,36). The third-order valence-corrected chi connectivity index (χ3v) is 7.73. The number of nitrogens with zero attached hydrogens (tertiary/aromatic N) is 1. The molecule has 8 heteroatoms. The van der Waals surface area contributed by atoms with Crippen LogP contribution >= 0.6 is 0 Å². The molecular weight excluding hydrogens is 494 g/mol. The molecular formula is C31H33N3O5. The van der Waals surface area contributed by atoms with E-state index < -0.39 is 29.6 Å². The van der Waals surface area contributed by atoms with Crippen LogP contribution in [0.25, 0.3) is 11.1 Å². The van der Waals surface area contributed by atoms with Gasteiger partial charge in [-0.05, 0) is 40.7 Å². The molecule has 0 bridgehead atoms. The molecule has 1 aliphatic carbocycles. The number of likely N-dealkylation sites (tertiary alicyclic amines) is 1. The third-order valence-electron chi connectivity index (χ3n) is 7.73. The first kappa shape index (κ1) is 26.4. The van der Waals surface area contributed by atoms with E-state index in [-0.39, 0.29) is 25.5 Å². The lowest BCUT2D eigenvalue weighted by Gasteiger charge is -2.30. The van der Waals surface area contributed by atoms with Crippen LogP contribution in [-0.2, 0) is 20.9 Å². The number of fused-ring (bicyclic) bond motifs is 3. The maximum atomic E-state index is 13.5. The lowest BCUT2D eigenvalue weighted by atomic mass is 9.96. The van der Waals surface area contributed by atoms with Crippen LogP contribution in [0.15, 0.2) is 78.9 Å². The first-order chi connectivity index (χ1) is 18.9. The largest absolute Gasteiger partial charge is 0.480 e. The molecule has 2 atom stereocenters. The lowest BCUT2D eigenvalue weighted by molar-refractivity contribution is -0.143. The Bertz CT molecular complexity index is 1320. The average molecular weight is 528 g/mol. The number of nitrogens with one attached hydrogen (secondary N) is 2. The van der Waals surface area contributed by atoms with Gasteiger partial charge in [-0.2, -0.15) is 0 Å². The number of carbonyl (C=O) groups excluding carboxylic acids is 2. The van der Waals surface area contributed by atoms with Crippen LogP contribution in [0, 0.1) is 0 Å². The highest BCUT2D eigenvalue weighted by Crippen LogP contribution is 2.44. The third kappa shape index (κ3) is 5.52. The fraction of sp³-hybridized carbons (Fsp3) is 0.323. The van der Waals surface area contributed by atoms with Gasteiger partial charge in [-0.15, -0.1) is 0 Å².